The molecule has 3 nitrogen and oxygen atoms in total. The van der Waals surface area contributed by atoms with Crippen molar-refractivity contribution in [1.29, 1.82) is 0 Å². The normalized spacial score (nSPS) is 9.85. The Morgan fingerprint density at radius 1 is 0.923 bits per heavy atom. The summed E-state index contributed by atoms with van der Waals surface area (Å²) in [4.78, 5) is 31.2. The molecule has 0 amide bonds. The Morgan fingerprint density at radius 3 is 1.62 bits per heavy atom. The van der Waals surface area contributed by atoms with Crippen molar-refractivity contribution in [3.8, 4) is 0 Å². The van der Waals surface area contributed by atoms with Gasteiger partial charge in [0.2, 0.25) is 0 Å². The molecule has 0 aliphatic rings. The minimum atomic E-state index is -4.56. The van der Waals surface area contributed by atoms with Gasteiger partial charge < -0.3 is 14.7 Å². The average Bonchev–Trinajstić information content (AvgIpc) is 1.86. The van der Waals surface area contributed by atoms with Gasteiger partial charge in [-0.3, -0.25) is 0 Å². The second-order valence-electron chi connectivity index (χ2n) is 1.97. The molecule has 1 rings (SSSR count). The van der Waals surface area contributed by atoms with Gasteiger partial charge >= 0.3 is 59.1 Å². The smallest absolute Gasteiger partial charge is 0.684 e. The van der Waals surface area contributed by atoms with Gasteiger partial charge in [-0.1, -0.05) is 15.9 Å². The minimum absolute atomic E-state index is 0. The number of rotatable bonds is 1. The third kappa shape index (κ3) is 6.23. The van der Waals surface area contributed by atoms with Crippen LogP contribution in [0.25, 0.3) is 0 Å². The molecule has 13 heavy (non-hydrogen) atoms. The molecule has 0 fully saturated rings. The molecule has 0 spiro atoms. The predicted molar refractivity (Wildman–Crippen MR) is 40.7 cm³/mol. The summed E-state index contributed by atoms with van der Waals surface area (Å²) >= 11 is 3.12. The Labute approximate surface area is 130 Å². The van der Waals surface area contributed by atoms with Gasteiger partial charge in [0.05, 0.1) is 5.30 Å². The first-order valence-corrected chi connectivity index (χ1v) is 5.12. The molecule has 0 saturated carbocycles. The van der Waals surface area contributed by atoms with Gasteiger partial charge in [-0.15, -0.1) is 7.94 Å². The van der Waals surface area contributed by atoms with E-state index in [0.29, 0.717) is 0 Å². The van der Waals surface area contributed by atoms with Gasteiger partial charge in [0.25, 0.3) is 0 Å². The van der Waals surface area contributed by atoms with Gasteiger partial charge in [-0.2, -0.15) is 0 Å². The number of benzene rings is 1. The van der Waals surface area contributed by atoms with Crippen LogP contribution in [0.4, 0.5) is 0 Å². The third-order valence-electron chi connectivity index (χ3n) is 1.14. The molecule has 1 aromatic rings. The van der Waals surface area contributed by atoms with Crippen LogP contribution in [-0.2, 0) is 0 Å². The van der Waals surface area contributed by atoms with Crippen LogP contribution in [0.1, 0.15) is 0 Å². The van der Waals surface area contributed by atoms with Crippen molar-refractivity contribution in [2.45, 2.75) is 0 Å². The SMILES string of the molecule is [Na+].[Na+].[O-][P+]([O-])([O-])c1ccc(Br)cc1. The maximum absolute atomic E-state index is 10.4. The van der Waals surface area contributed by atoms with Gasteiger partial charge in [-0.05, 0) is 24.3 Å². The van der Waals surface area contributed by atoms with Crippen molar-refractivity contribution in [3.05, 3.63) is 28.7 Å². The number of halogens is 1. The van der Waals surface area contributed by atoms with Crippen LogP contribution in [0.5, 0.6) is 0 Å². The zero-order chi connectivity index (χ0) is 8.48. The molecule has 0 radical (unpaired) electrons. The van der Waals surface area contributed by atoms with E-state index in [0.717, 1.165) is 4.47 Å². The van der Waals surface area contributed by atoms with Crippen LogP contribution in [0, 0.1) is 0 Å². The minimum Gasteiger partial charge on any atom is -0.684 e. The van der Waals surface area contributed by atoms with Crippen LogP contribution in [0.2, 0.25) is 0 Å². The topological polar surface area (TPSA) is 69.2 Å². The van der Waals surface area contributed by atoms with Crippen molar-refractivity contribution in [2.75, 3.05) is 0 Å². The quantitative estimate of drug-likeness (QED) is 0.379. The summed E-state index contributed by atoms with van der Waals surface area (Å²) in [5, 5.41) is -0.180. The van der Waals surface area contributed by atoms with Crippen LogP contribution in [0.15, 0.2) is 28.7 Å². The van der Waals surface area contributed by atoms with Crippen LogP contribution in [0.3, 0.4) is 0 Å². The molecule has 0 bridgehead atoms. The van der Waals surface area contributed by atoms with E-state index in [2.05, 4.69) is 15.9 Å². The zero-order valence-corrected chi connectivity index (χ0v) is 13.8. The van der Waals surface area contributed by atoms with Crippen molar-refractivity contribution in [1.82, 2.24) is 0 Å². The predicted octanol–water partition coefficient (Wildman–Crippen LogP) is -7.07. The molecular formula is C6H4BrNa2O3P. The Kier molecular flexibility index (Phi) is 9.79. The first kappa shape index (κ1) is 17.4. The standard InChI is InChI=1S/C6H6BrO3P.2Na/c7-5-1-3-6(4-2-5)11(8,9)10;;/h1-4H,(H2,8,9,10);;/q;2*+1/p-2. The number of hydrogen-bond acceptors (Lipinski definition) is 3. The summed E-state index contributed by atoms with van der Waals surface area (Å²) in [7, 11) is -4.56. The summed E-state index contributed by atoms with van der Waals surface area (Å²) in [6, 6.07) is 5.56. The fourth-order valence-electron chi connectivity index (χ4n) is 0.624. The summed E-state index contributed by atoms with van der Waals surface area (Å²) < 4.78 is 0.745. The summed E-state index contributed by atoms with van der Waals surface area (Å²) in [6.07, 6.45) is 0. The van der Waals surface area contributed by atoms with Crippen LogP contribution < -0.4 is 79.1 Å². The first-order chi connectivity index (χ1) is 5.00. The van der Waals surface area contributed by atoms with Gasteiger partial charge in [0, 0.05) is 4.47 Å². The van der Waals surface area contributed by atoms with Crippen LogP contribution in [-0.4, -0.2) is 0 Å². The molecule has 7 heteroatoms. The average molecular weight is 281 g/mol. The second kappa shape index (κ2) is 7.31. The largest absolute Gasteiger partial charge is 1.00 e. The monoisotopic (exact) mass is 280 g/mol. The summed E-state index contributed by atoms with van der Waals surface area (Å²) in [5.74, 6) is 0. The van der Waals surface area contributed by atoms with Crippen molar-refractivity contribution >= 4 is 29.2 Å². The third-order valence-corrected chi connectivity index (χ3v) is 2.60. The van der Waals surface area contributed by atoms with Crippen LogP contribution >= 0.6 is 23.9 Å². The Bertz CT molecular complexity index is 249. The molecular weight excluding hydrogens is 277 g/mol. The number of hydrogen-bond donors (Lipinski definition) is 0. The van der Waals surface area contributed by atoms with E-state index in [1.165, 1.54) is 24.3 Å². The first-order valence-electron chi connectivity index (χ1n) is 2.78. The maximum atomic E-state index is 10.4. The van der Waals surface area contributed by atoms with Gasteiger partial charge in [-0.25, -0.2) is 0 Å². The van der Waals surface area contributed by atoms with E-state index >= 15 is 0 Å². The van der Waals surface area contributed by atoms with E-state index < -0.39 is 7.94 Å². The molecule has 60 valence electrons. The molecule has 0 aromatic heterocycles. The second-order valence-corrected chi connectivity index (χ2v) is 4.40. The maximum Gasteiger partial charge on any atom is 1.00 e. The van der Waals surface area contributed by atoms with Crippen molar-refractivity contribution < 1.29 is 73.8 Å². The Morgan fingerprint density at radius 2 is 1.31 bits per heavy atom. The van der Waals surface area contributed by atoms with E-state index in [1.807, 2.05) is 0 Å². The molecule has 0 saturated heterocycles. The van der Waals surface area contributed by atoms with E-state index in [9.17, 15) is 14.7 Å². The van der Waals surface area contributed by atoms with Crippen molar-refractivity contribution in [3.63, 3.8) is 0 Å². The fraction of sp³-hybridized carbons (Fsp3) is 0. The molecule has 1 aromatic carbocycles. The summed E-state index contributed by atoms with van der Waals surface area (Å²) in [5.41, 5.74) is 0. The Hall–Kier alpha value is 2.01. The van der Waals surface area contributed by atoms with E-state index in [1.54, 1.807) is 0 Å². The van der Waals surface area contributed by atoms with Crippen molar-refractivity contribution in [2.24, 2.45) is 0 Å². The zero-order valence-electron chi connectivity index (χ0n) is 7.36. The molecule has 0 aliphatic carbocycles. The molecule has 0 atom stereocenters. The molecule has 0 heterocycles. The van der Waals surface area contributed by atoms with Gasteiger partial charge in [0.15, 0.2) is 0 Å². The summed E-state index contributed by atoms with van der Waals surface area (Å²) in [6.45, 7) is 0. The van der Waals surface area contributed by atoms with E-state index in [-0.39, 0.29) is 64.4 Å². The fourth-order valence-corrected chi connectivity index (χ4v) is 1.40. The Balaban J connectivity index is 0. The molecule has 0 unspecified atom stereocenters. The molecule has 0 aliphatic heterocycles. The van der Waals surface area contributed by atoms with Gasteiger partial charge in [0.1, 0.15) is 0 Å². The molecule has 0 N–H and O–H groups in total. The van der Waals surface area contributed by atoms with E-state index in [4.69, 9.17) is 0 Å².